The predicted octanol–water partition coefficient (Wildman–Crippen LogP) is 4.17. The molecule has 1 saturated heterocycles. The van der Waals surface area contributed by atoms with Gasteiger partial charge in [0.25, 0.3) is 0 Å². The fourth-order valence-corrected chi connectivity index (χ4v) is 3.25. The summed E-state index contributed by atoms with van der Waals surface area (Å²) in [6.07, 6.45) is 0. The van der Waals surface area contributed by atoms with E-state index in [1.807, 2.05) is 12.1 Å². The third kappa shape index (κ3) is 3.22. The van der Waals surface area contributed by atoms with Crippen molar-refractivity contribution in [3.05, 3.63) is 53.1 Å². The van der Waals surface area contributed by atoms with Crippen LogP contribution < -0.4 is 4.90 Å². The number of hydrogen-bond donors (Lipinski definition) is 0. The van der Waals surface area contributed by atoms with Crippen molar-refractivity contribution in [3.8, 4) is 22.9 Å². The van der Waals surface area contributed by atoms with Gasteiger partial charge in [0, 0.05) is 29.9 Å². The molecule has 0 radical (unpaired) electrons. The molecule has 0 unspecified atom stereocenters. The lowest BCUT2D eigenvalue weighted by Gasteiger charge is -2.28. The molecule has 5 heteroatoms. The van der Waals surface area contributed by atoms with Crippen molar-refractivity contribution in [2.75, 3.05) is 31.2 Å². The highest BCUT2D eigenvalue weighted by atomic mass is 16.5. The Morgan fingerprint density at radius 1 is 0.808 bits per heavy atom. The first-order valence-corrected chi connectivity index (χ1v) is 8.96. The first-order chi connectivity index (χ1) is 12.6. The van der Waals surface area contributed by atoms with E-state index in [1.54, 1.807) is 0 Å². The van der Waals surface area contributed by atoms with Crippen molar-refractivity contribution in [2.45, 2.75) is 20.8 Å². The number of hydrogen-bond acceptors (Lipinski definition) is 5. The number of aromatic nitrogens is 2. The van der Waals surface area contributed by atoms with Gasteiger partial charge in [0.2, 0.25) is 11.8 Å². The number of rotatable bonds is 3. The van der Waals surface area contributed by atoms with E-state index < -0.39 is 0 Å². The zero-order valence-electron chi connectivity index (χ0n) is 15.5. The topological polar surface area (TPSA) is 51.4 Å². The van der Waals surface area contributed by atoms with Gasteiger partial charge >= 0.3 is 0 Å². The monoisotopic (exact) mass is 349 g/mol. The Balaban J connectivity index is 1.58. The van der Waals surface area contributed by atoms with Crippen LogP contribution in [0.1, 0.15) is 16.7 Å². The normalized spacial score (nSPS) is 14.7. The molecule has 2 aromatic carbocycles. The number of morpholine rings is 1. The summed E-state index contributed by atoms with van der Waals surface area (Å²) in [4.78, 5) is 2.32. The lowest BCUT2D eigenvalue weighted by molar-refractivity contribution is 0.122. The van der Waals surface area contributed by atoms with E-state index in [0.29, 0.717) is 11.8 Å². The largest absolute Gasteiger partial charge is 0.416 e. The van der Waals surface area contributed by atoms with Crippen molar-refractivity contribution < 1.29 is 9.15 Å². The third-order valence-electron chi connectivity index (χ3n) is 5.09. The molecular formula is C21H23N3O2. The molecule has 26 heavy (non-hydrogen) atoms. The standard InChI is InChI=1S/C21H23N3O2/c1-14-12-18(13-15(2)16(14)3)21-23-22-20(26-21)17-4-6-19(7-5-17)24-8-10-25-11-9-24/h4-7,12-13H,8-11H2,1-3H3. The second-order valence-corrected chi connectivity index (χ2v) is 6.79. The zero-order chi connectivity index (χ0) is 18.1. The van der Waals surface area contributed by atoms with Crippen molar-refractivity contribution in [2.24, 2.45) is 0 Å². The van der Waals surface area contributed by atoms with Crippen LogP contribution in [0.2, 0.25) is 0 Å². The van der Waals surface area contributed by atoms with Gasteiger partial charge in [0.15, 0.2) is 0 Å². The quantitative estimate of drug-likeness (QED) is 0.710. The maximum atomic E-state index is 5.94. The van der Waals surface area contributed by atoms with Crippen LogP contribution in [0.3, 0.4) is 0 Å². The van der Waals surface area contributed by atoms with E-state index >= 15 is 0 Å². The average Bonchev–Trinajstić information content (AvgIpc) is 3.17. The highest BCUT2D eigenvalue weighted by Crippen LogP contribution is 2.28. The minimum Gasteiger partial charge on any atom is -0.416 e. The van der Waals surface area contributed by atoms with Gasteiger partial charge in [-0.1, -0.05) is 0 Å². The summed E-state index contributed by atoms with van der Waals surface area (Å²) in [5.41, 5.74) is 6.86. The molecule has 0 N–H and O–H groups in total. The Morgan fingerprint density at radius 3 is 2.00 bits per heavy atom. The molecule has 0 spiro atoms. The molecule has 1 fully saturated rings. The predicted molar refractivity (Wildman–Crippen MR) is 102 cm³/mol. The van der Waals surface area contributed by atoms with Crippen LogP contribution in [-0.4, -0.2) is 36.5 Å². The number of anilines is 1. The molecule has 1 aliphatic rings. The summed E-state index contributed by atoms with van der Waals surface area (Å²) in [6.45, 7) is 9.76. The average molecular weight is 349 g/mol. The van der Waals surface area contributed by atoms with Crippen LogP contribution in [0.5, 0.6) is 0 Å². The Kier molecular flexibility index (Phi) is 4.47. The van der Waals surface area contributed by atoms with Gasteiger partial charge in [-0.2, -0.15) is 0 Å². The zero-order valence-corrected chi connectivity index (χ0v) is 15.5. The number of nitrogens with zero attached hydrogens (tertiary/aromatic N) is 3. The van der Waals surface area contributed by atoms with Crippen LogP contribution in [0.25, 0.3) is 22.9 Å². The van der Waals surface area contributed by atoms with Gasteiger partial charge in [-0.3, -0.25) is 0 Å². The highest BCUT2D eigenvalue weighted by molar-refractivity contribution is 5.62. The fourth-order valence-electron chi connectivity index (χ4n) is 3.25. The molecule has 0 bridgehead atoms. The Labute approximate surface area is 153 Å². The summed E-state index contributed by atoms with van der Waals surface area (Å²) < 4.78 is 11.3. The lowest BCUT2D eigenvalue weighted by Crippen LogP contribution is -2.36. The van der Waals surface area contributed by atoms with Gasteiger partial charge in [0.1, 0.15) is 0 Å². The van der Waals surface area contributed by atoms with E-state index in [2.05, 4.69) is 60.1 Å². The van der Waals surface area contributed by atoms with Crippen LogP contribution in [0.4, 0.5) is 5.69 Å². The van der Waals surface area contributed by atoms with E-state index in [-0.39, 0.29) is 0 Å². The van der Waals surface area contributed by atoms with Crippen molar-refractivity contribution in [1.29, 1.82) is 0 Å². The van der Waals surface area contributed by atoms with E-state index in [1.165, 1.54) is 22.4 Å². The Hall–Kier alpha value is -2.66. The molecule has 0 amide bonds. The summed E-state index contributed by atoms with van der Waals surface area (Å²) in [5, 5.41) is 8.48. The van der Waals surface area contributed by atoms with E-state index in [9.17, 15) is 0 Å². The smallest absolute Gasteiger partial charge is 0.248 e. The summed E-state index contributed by atoms with van der Waals surface area (Å²) in [6, 6.07) is 12.5. The van der Waals surface area contributed by atoms with Crippen molar-refractivity contribution in [3.63, 3.8) is 0 Å². The van der Waals surface area contributed by atoms with Crippen molar-refractivity contribution >= 4 is 5.69 Å². The van der Waals surface area contributed by atoms with Crippen LogP contribution in [0, 0.1) is 20.8 Å². The number of ether oxygens (including phenoxy) is 1. The maximum Gasteiger partial charge on any atom is 0.248 e. The molecule has 2 heterocycles. The number of benzene rings is 2. The molecule has 1 aromatic heterocycles. The summed E-state index contributed by atoms with van der Waals surface area (Å²) >= 11 is 0. The van der Waals surface area contributed by atoms with Crippen molar-refractivity contribution in [1.82, 2.24) is 10.2 Å². The molecule has 0 atom stereocenters. The van der Waals surface area contributed by atoms with Gasteiger partial charge in [-0.25, -0.2) is 0 Å². The maximum absolute atomic E-state index is 5.94. The van der Waals surface area contributed by atoms with Gasteiger partial charge < -0.3 is 14.1 Å². The molecule has 134 valence electrons. The lowest BCUT2D eigenvalue weighted by atomic mass is 10.0. The molecule has 0 aliphatic carbocycles. The second-order valence-electron chi connectivity index (χ2n) is 6.79. The van der Waals surface area contributed by atoms with Gasteiger partial charge in [-0.15, -0.1) is 10.2 Å². The second kappa shape index (κ2) is 6.92. The first-order valence-electron chi connectivity index (χ1n) is 8.96. The fraction of sp³-hybridized carbons (Fsp3) is 0.333. The third-order valence-corrected chi connectivity index (χ3v) is 5.09. The van der Waals surface area contributed by atoms with E-state index in [0.717, 1.165) is 37.4 Å². The Bertz CT molecular complexity index is 886. The highest BCUT2D eigenvalue weighted by Gasteiger charge is 2.14. The molecule has 1 aliphatic heterocycles. The number of aryl methyl sites for hydroxylation is 2. The summed E-state index contributed by atoms with van der Waals surface area (Å²) in [5.74, 6) is 1.10. The molecule has 5 nitrogen and oxygen atoms in total. The molecule has 4 rings (SSSR count). The van der Waals surface area contributed by atoms with Gasteiger partial charge in [0.05, 0.1) is 13.2 Å². The molecule has 0 saturated carbocycles. The minimum atomic E-state index is 0.546. The molecular weight excluding hydrogens is 326 g/mol. The minimum absolute atomic E-state index is 0.546. The Morgan fingerprint density at radius 2 is 1.38 bits per heavy atom. The van der Waals surface area contributed by atoms with E-state index in [4.69, 9.17) is 9.15 Å². The van der Waals surface area contributed by atoms with Crippen LogP contribution in [0.15, 0.2) is 40.8 Å². The van der Waals surface area contributed by atoms with Crippen LogP contribution in [-0.2, 0) is 4.74 Å². The SMILES string of the molecule is Cc1cc(-c2nnc(-c3ccc(N4CCOCC4)cc3)o2)cc(C)c1C. The summed E-state index contributed by atoms with van der Waals surface area (Å²) in [7, 11) is 0. The molecule has 3 aromatic rings. The first kappa shape index (κ1) is 16.8. The van der Waals surface area contributed by atoms with Gasteiger partial charge in [-0.05, 0) is 73.9 Å². The van der Waals surface area contributed by atoms with Crippen LogP contribution >= 0.6 is 0 Å².